The van der Waals surface area contributed by atoms with Gasteiger partial charge < -0.3 is 19.7 Å². The van der Waals surface area contributed by atoms with Crippen LogP contribution in [0.5, 0.6) is 0 Å². The van der Waals surface area contributed by atoms with E-state index in [0.717, 1.165) is 0 Å². The fourth-order valence-electron chi connectivity index (χ4n) is 2.13. The van der Waals surface area contributed by atoms with E-state index in [4.69, 9.17) is 9.47 Å². The quantitative estimate of drug-likeness (QED) is 0.643. The summed E-state index contributed by atoms with van der Waals surface area (Å²) in [5.74, 6) is 0. The largest absolute Gasteiger partial charge is 0.390 e. The zero-order valence-electron chi connectivity index (χ0n) is 8.19. The van der Waals surface area contributed by atoms with Crippen LogP contribution in [-0.4, -0.2) is 49.9 Å². The maximum atomic E-state index is 9.43. The molecule has 13 heavy (non-hydrogen) atoms. The highest BCUT2D eigenvalue weighted by atomic mass is 16.5. The van der Waals surface area contributed by atoms with Crippen LogP contribution in [0.4, 0.5) is 0 Å². The first kappa shape index (κ1) is 10.9. The molecule has 78 valence electrons. The summed E-state index contributed by atoms with van der Waals surface area (Å²) in [6, 6.07) is 0. The molecule has 0 heterocycles. The van der Waals surface area contributed by atoms with Crippen LogP contribution in [0.25, 0.3) is 0 Å². The standard InChI is InChI=1S/C9H18O4/c1-12-5-9(6-13-2)3-7(10)8(11)4-9/h7-8,10-11H,3-6H2,1-2H3/t7-,8-/m0/s1. The lowest BCUT2D eigenvalue weighted by Crippen LogP contribution is -2.29. The predicted octanol–water partition coefficient (Wildman–Crippen LogP) is -0.219. The van der Waals surface area contributed by atoms with E-state index in [0.29, 0.717) is 26.1 Å². The molecule has 0 saturated heterocycles. The van der Waals surface area contributed by atoms with Crippen molar-refractivity contribution in [3.63, 3.8) is 0 Å². The van der Waals surface area contributed by atoms with Gasteiger partial charge in [-0.05, 0) is 12.8 Å². The molecule has 0 aliphatic heterocycles. The van der Waals surface area contributed by atoms with Gasteiger partial charge in [0.2, 0.25) is 0 Å². The average molecular weight is 190 g/mol. The summed E-state index contributed by atoms with van der Waals surface area (Å²) in [7, 11) is 3.24. The third kappa shape index (κ3) is 2.40. The molecular formula is C9H18O4. The van der Waals surface area contributed by atoms with E-state index in [1.54, 1.807) is 14.2 Å². The van der Waals surface area contributed by atoms with E-state index >= 15 is 0 Å². The van der Waals surface area contributed by atoms with Crippen molar-refractivity contribution in [1.82, 2.24) is 0 Å². The monoisotopic (exact) mass is 190 g/mol. The van der Waals surface area contributed by atoms with Gasteiger partial charge in [-0.1, -0.05) is 0 Å². The molecule has 1 saturated carbocycles. The number of hydrogen-bond acceptors (Lipinski definition) is 4. The number of aliphatic hydroxyl groups is 2. The van der Waals surface area contributed by atoms with Gasteiger partial charge in [0.05, 0.1) is 25.4 Å². The highest BCUT2D eigenvalue weighted by Gasteiger charge is 2.44. The molecule has 1 aliphatic carbocycles. The molecule has 1 aliphatic rings. The Kier molecular flexibility index (Phi) is 3.67. The van der Waals surface area contributed by atoms with E-state index in [1.807, 2.05) is 0 Å². The molecular weight excluding hydrogens is 172 g/mol. The SMILES string of the molecule is COCC1(COC)C[C@H](O)[C@@H](O)C1. The number of aliphatic hydroxyl groups excluding tert-OH is 2. The van der Waals surface area contributed by atoms with Crippen LogP contribution >= 0.6 is 0 Å². The van der Waals surface area contributed by atoms with Crippen LogP contribution in [0.15, 0.2) is 0 Å². The minimum absolute atomic E-state index is 0.206. The van der Waals surface area contributed by atoms with Crippen molar-refractivity contribution in [3.05, 3.63) is 0 Å². The van der Waals surface area contributed by atoms with Gasteiger partial charge >= 0.3 is 0 Å². The van der Waals surface area contributed by atoms with Crippen molar-refractivity contribution >= 4 is 0 Å². The van der Waals surface area contributed by atoms with Gasteiger partial charge in [0.15, 0.2) is 0 Å². The van der Waals surface area contributed by atoms with Crippen LogP contribution in [0, 0.1) is 5.41 Å². The first-order chi connectivity index (χ1) is 6.13. The first-order valence-corrected chi connectivity index (χ1v) is 4.47. The summed E-state index contributed by atoms with van der Waals surface area (Å²) in [4.78, 5) is 0. The molecule has 0 aromatic rings. The smallest absolute Gasteiger partial charge is 0.0806 e. The summed E-state index contributed by atoms with van der Waals surface area (Å²) < 4.78 is 10.2. The van der Waals surface area contributed by atoms with Gasteiger partial charge in [-0.25, -0.2) is 0 Å². The van der Waals surface area contributed by atoms with Crippen molar-refractivity contribution in [2.24, 2.45) is 5.41 Å². The lowest BCUT2D eigenvalue weighted by molar-refractivity contribution is 0.00502. The Morgan fingerprint density at radius 3 is 1.77 bits per heavy atom. The lowest BCUT2D eigenvalue weighted by Gasteiger charge is -2.26. The Morgan fingerprint density at radius 2 is 1.46 bits per heavy atom. The van der Waals surface area contributed by atoms with E-state index < -0.39 is 12.2 Å². The van der Waals surface area contributed by atoms with Crippen LogP contribution in [0.2, 0.25) is 0 Å². The molecule has 1 rings (SSSR count). The molecule has 0 aromatic carbocycles. The second kappa shape index (κ2) is 4.37. The van der Waals surface area contributed by atoms with Crippen molar-refractivity contribution in [3.8, 4) is 0 Å². The number of methoxy groups -OCH3 is 2. The topological polar surface area (TPSA) is 58.9 Å². The Morgan fingerprint density at radius 1 is 1.08 bits per heavy atom. The number of rotatable bonds is 4. The van der Waals surface area contributed by atoms with Crippen molar-refractivity contribution in [2.75, 3.05) is 27.4 Å². The van der Waals surface area contributed by atoms with E-state index in [-0.39, 0.29) is 5.41 Å². The number of hydrogen-bond donors (Lipinski definition) is 2. The molecule has 2 N–H and O–H groups in total. The average Bonchev–Trinajstić information content (AvgIpc) is 2.29. The van der Waals surface area contributed by atoms with Gasteiger partial charge in [-0.2, -0.15) is 0 Å². The Balaban J connectivity index is 2.58. The van der Waals surface area contributed by atoms with Crippen LogP contribution < -0.4 is 0 Å². The molecule has 4 heteroatoms. The second-order valence-corrected chi connectivity index (χ2v) is 3.91. The van der Waals surface area contributed by atoms with Gasteiger partial charge in [-0.15, -0.1) is 0 Å². The molecule has 4 nitrogen and oxygen atoms in total. The molecule has 0 amide bonds. The number of ether oxygens (including phenoxy) is 2. The van der Waals surface area contributed by atoms with E-state index in [9.17, 15) is 10.2 Å². The zero-order valence-corrected chi connectivity index (χ0v) is 8.19. The molecule has 1 fully saturated rings. The van der Waals surface area contributed by atoms with E-state index in [1.165, 1.54) is 0 Å². The molecule has 0 aromatic heterocycles. The summed E-state index contributed by atoms with van der Waals surface area (Å²) in [6.45, 7) is 1.05. The zero-order chi connectivity index (χ0) is 9.90. The predicted molar refractivity (Wildman–Crippen MR) is 47.4 cm³/mol. The maximum absolute atomic E-state index is 9.43. The fourth-order valence-corrected chi connectivity index (χ4v) is 2.13. The molecule has 0 radical (unpaired) electrons. The van der Waals surface area contributed by atoms with Gasteiger partial charge in [0.1, 0.15) is 0 Å². The normalized spacial score (nSPS) is 32.3. The van der Waals surface area contributed by atoms with Crippen LogP contribution in [0.3, 0.4) is 0 Å². The minimum atomic E-state index is -0.634. The Bertz CT molecular complexity index is 142. The summed E-state index contributed by atoms with van der Waals surface area (Å²) in [6.07, 6.45) is -0.165. The van der Waals surface area contributed by atoms with Gasteiger partial charge in [0.25, 0.3) is 0 Å². The summed E-state index contributed by atoms with van der Waals surface area (Å²) >= 11 is 0. The second-order valence-electron chi connectivity index (χ2n) is 3.91. The molecule has 0 unspecified atom stereocenters. The van der Waals surface area contributed by atoms with Crippen molar-refractivity contribution < 1.29 is 19.7 Å². The van der Waals surface area contributed by atoms with Crippen LogP contribution in [-0.2, 0) is 9.47 Å². The minimum Gasteiger partial charge on any atom is -0.390 e. The lowest BCUT2D eigenvalue weighted by atomic mass is 9.88. The fraction of sp³-hybridized carbons (Fsp3) is 1.00. The Hall–Kier alpha value is -0.160. The summed E-state index contributed by atoms with van der Waals surface area (Å²) in [5, 5.41) is 18.9. The highest BCUT2D eigenvalue weighted by Crippen LogP contribution is 2.38. The maximum Gasteiger partial charge on any atom is 0.0806 e. The van der Waals surface area contributed by atoms with Crippen LogP contribution in [0.1, 0.15) is 12.8 Å². The summed E-state index contributed by atoms with van der Waals surface area (Å²) in [5.41, 5.74) is -0.206. The van der Waals surface area contributed by atoms with Gasteiger partial charge in [0, 0.05) is 19.6 Å². The molecule has 2 atom stereocenters. The van der Waals surface area contributed by atoms with E-state index in [2.05, 4.69) is 0 Å². The third-order valence-corrected chi connectivity index (χ3v) is 2.63. The third-order valence-electron chi connectivity index (χ3n) is 2.63. The highest BCUT2D eigenvalue weighted by molar-refractivity contribution is 4.94. The van der Waals surface area contributed by atoms with Crippen molar-refractivity contribution in [2.45, 2.75) is 25.0 Å². The molecule has 0 spiro atoms. The first-order valence-electron chi connectivity index (χ1n) is 4.47. The Labute approximate surface area is 78.5 Å². The van der Waals surface area contributed by atoms with Gasteiger partial charge in [-0.3, -0.25) is 0 Å². The van der Waals surface area contributed by atoms with Crippen molar-refractivity contribution in [1.29, 1.82) is 0 Å². The molecule has 0 bridgehead atoms.